The van der Waals surface area contributed by atoms with E-state index in [2.05, 4.69) is 15.3 Å². The summed E-state index contributed by atoms with van der Waals surface area (Å²) in [5.74, 6) is -0.349. The van der Waals surface area contributed by atoms with Crippen LogP contribution in [0.1, 0.15) is 23.2 Å². The quantitative estimate of drug-likeness (QED) is 0.611. The van der Waals surface area contributed by atoms with Gasteiger partial charge >= 0.3 is 0 Å². The van der Waals surface area contributed by atoms with Gasteiger partial charge < -0.3 is 26.6 Å². The fourth-order valence-electron chi connectivity index (χ4n) is 3.51. The molecule has 1 aromatic heterocycles. The standard InChI is InChI=1S/C19H23Cl2N7O2/c1-27(19-16(18(23)30)17(22)25-10-26-19)14-3-2-4-28(9-14)15(29)8-24-13-6-11(20)5-12(21)7-13/h5-7,10,14,24H,2-4,8-9H2,1H3,(H2,23,30)(H2,22,25,26)/t14-/m0/s1. The highest BCUT2D eigenvalue weighted by Gasteiger charge is 2.29. The van der Waals surface area contributed by atoms with Crippen LogP contribution in [0.3, 0.4) is 0 Å². The molecule has 9 nitrogen and oxygen atoms in total. The van der Waals surface area contributed by atoms with Crippen LogP contribution >= 0.6 is 23.2 Å². The van der Waals surface area contributed by atoms with Crippen molar-refractivity contribution < 1.29 is 9.59 Å². The minimum Gasteiger partial charge on any atom is -0.383 e. The van der Waals surface area contributed by atoms with Crippen molar-refractivity contribution >= 4 is 52.3 Å². The maximum atomic E-state index is 12.7. The lowest BCUT2D eigenvalue weighted by Gasteiger charge is -2.38. The summed E-state index contributed by atoms with van der Waals surface area (Å²) in [7, 11) is 1.80. The third kappa shape index (κ3) is 5.03. The van der Waals surface area contributed by atoms with Gasteiger partial charge in [-0.1, -0.05) is 23.2 Å². The molecule has 30 heavy (non-hydrogen) atoms. The lowest BCUT2D eigenvalue weighted by Crippen LogP contribution is -2.50. The summed E-state index contributed by atoms with van der Waals surface area (Å²) in [6, 6.07) is 4.99. The number of benzene rings is 1. The van der Waals surface area contributed by atoms with Gasteiger partial charge in [0, 0.05) is 41.9 Å². The van der Waals surface area contributed by atoms with Gasteiger partial charge in [0.05, 0.1) is 6.54 Å². The van der Waals surface area contributed by atoms with Crippen LogP contribution in [0.4, 0.5) is 17.3 Å². The van der Waals surface area contributed by atoms with Crippen molar-refractivity contribution in [3.8, 4) is 0 Å². The maximum Gasteiger partial charge on any atom is 0.256 e. The Balaban J connectivity index is 1.67. The minimum atomic E-state index is -0.692. The number of hydrogen-bond acceptors (Lipinski definition) is 7. The Morgan fingerprint density at radius 1 is 1.27 bits per heavy atom. The van der Waals surface area contributed by atoms with E-state index < -0.39 is 5.91 Å². The highest BCUT2D eigenvalue weighted by atomic mass is 35.5. The van der Waals surface area contributed by atoms with Gasteiger partial charge in [0.15, 0.2) is 0 Å². The molecule has 1 atom stereocenters. The third-order valence-corrected chi connectivity index (χ3v) is 5.48. The summed E-state index contributed by atoms with van der Waals surface area (Å²) in [6.45, 7) is 1.24. The van der Waals surface area contributed by atoms with Gasteiger partial charge in [-0.2, -0.15) is 0 Å². The van der Waals surface area contributed by atoms with Gasteiger partial charge in [-0.05, 0) is 31.0 Å². The number of likely N-dealkylation sites (N-methyl/N-ethyl adjacent to an activating group) is 1. The molecule has 2 heterocycles. The number of rotatable bonds is 6. The molecule has 1 aliphatic heterocycles. The first-order valence-electron chi connectivity index (χ1n) is 9.37. The molecule has 3 rings (SSSR count). The van der Waals surface area contributed by atoms with E-state index in [0.29, 0.717) is 34.6 Å². The van der Waals surface area contributed by atoms with Crippen LogP contribution in [0, 0.1) is 0 Å². The van der Waals surface area contributed by atoms with E-state index in [1.807, 2.05) is 4.90 Å². The molecule has 2 aromatic rings. The van der Waals surface area contributed by atoms with E-state index in [9.17, 15) is 9.59 Å². The van der Waals surface area contributed by atoms with Crippen molar-refractivity contribution in [3.05, 3.63) is 40.1 Å². The van der Waals surface area contributed by atoms with Crippen molar-refractivity contribution in [2.24, 2.45) is 5.73 Å². The monoisotopic (exact) mass is 451 g/mol. The highest BCUT2D eigenvalue weighted by molar-refractivity contribution is 6.35. The summed E-state index contributed by atoms with van der Waals surface area (Å²) in [5, 5.41) is 4.04. The SMILES string of the molecule is CN(c1ncnc(N)c1C(N)=O)[C@H]1CCCN(C(=O)CNc2cc(Cl)cc(Cl)c2)C1. The minimum absolute atomic E-state index is 0.0347. The first-order chi connectivity index (χ1) is 14.3. The Bertz CT molecular complexity index is 936. The Hall–Kier alpha value is -2.78. The van der Waals surface area contributed by atoms with Crippen molar-refractivity contribution in [3.63, 3.8) is 0 Å². The van der Waals surface area contributed by atoms with E-state index in [-0.39, 0.29) is 29.9 Å². The lowest BCUT2D eigenvalue weighted by molar-refractivity contribution is -0.130. The van der Waals surface area contributed by atoms with Crippen molar-refractivity contribution in [1.82, 2.24) is 14.9 Å². The number of carbonyl (C=O) groups excluding carboxylic acids is 2. The topological polar surface area (TPSA) is 130 Å². The van der Waals surface area contributed by atoms with Gasteiger partial charge in [0.25, 0.3) is 5.91 Å². The lowest BCUT2D eigenvalue weighted by atomic mass is 10.0. The molecule has 5 N–H and O–H groups in total. The number of piperidine rings is 1. The largest absolute Gasteiger partial charge is 0.383 e. The number of amides is 2. The fourth-order valence-corrected chi connectivity index (χ4v) is 4.03. The summed E-state index contributed by atoms with van der Waals surface area (Å²) in [6.07, 6.45) is 2.94. The predicted octanol–water partition coefficient (Wildman–Crippen LogP) is 2.00. The van der Waals surface area contributed by atoms with Gasteiger partial charge in [-0.25, -0.2) is 9.97 Å². The summed E-state index contributed by atoms with van der Waals surface area (Å²) >= 11 is 12.0. The predicted molar refractivity (Wildman–Crippen MR) is 118 cm³/mol. The third-order valence-electron chi connectivity index (χ3n) is 5.04. The molecule has 11 heteroatoms. The normalized spacial score (nSPS) is 16.2. The zero-order valence-corrected chi connectivity index (χ0v) is 18.0. The van der Waals surface area contributed by atoms with E-state index in [4.69, 9.17) is 34.7 Å². The number of hydrogen-bond donors (Lipinski definition) is 3. The Labute approximate surface area is 184 Å². The number of primary amides is 1. The molecular formula is C19H23Cl2N7O2. The molecular weight excluding hydrogens is 429 g/mol. The number of likely N-dealkylation sites (tertiary alicyclic amines) is 1. The molecule has 0 bridgehead atoms. The molecule has 160 valence electrons. The second kappa shape index (κ2) is 9.36. The smallest absolute Gasteiger partial charge is 0.256 e. The molecule has 1 fully saturated rings. The number of anilines is 3. The van der Waals surface area contributed by atoms with Gasteiger partial charge in [-0.15, -0.1) is 0 Å². The molecule has 0 unspecified atom stereocenters. The Kier molecular flexibility index (Phi) is 6.84. The first kappa shape index (κ1) is 21.9. The molecule has 1 aromatic carbocycles. The van der Waals surface area contributed by atoms with Crippen LogP contribution < -0.4 is 21.7 Å². The van der Waals surface area contributed by atoms with Crippen LogP contribution in [-0.2, 0) is 4.79 Å². The number of carbonyl (C=O) groups is 2. The molecule has 0 saturated carbocycles. The van der Waals surface area contributed by atoms with Crippen molar-refractivity contribution in [2.45, 2.75) is 18.9 Å². The average Bonchev–Trinajstić information content (AvgIpc) is 2.70. The van der Waals surface area contributed by atoms with Gasteiger partial charge in [-0.3, -0.25) is 9.59 Å². The summed E-state index contributed by atoms with van der Waals surface area (Å²) in [4.78, 5) is 36.2. The molecule has 0 radical (unpaired) electrons. The number of halogens is 2. The Morgan fingerprint density at radius 3 is 2.63 bits per heavy atom. The van der Waals surface area contributed by atoms with Gasteiger partial charge in [0.1, 0.15) is 23.5 Å². The van der Waals surface area contributed by atoms with Gasteiger partial charge in [0.2, 0.25) is 5.91 Å². The fraction of sp³-hybridized carbons (Fsp3) is 0.368. The summed E-state index contributed by atoms with van der Waals surface area (Å²) < 4.78 is 0. The number of nitrogens with two attached hydrogens (primary N) is 2. The maximum absolute atomic E-state index is 12.7. The second-order valence-electron chi connectivity index (χ2n) is 7.08. The van der Waals surface area contributed by atoms with Crippen LogP contribution in [0.2, 0.25) is 10.0 Å². The number of nitrogens with zero attached hydrogens (tertiary/aromatic N) is 4. The van der Waals surface area contributed by atoms with E-state index in [1.165, 1.54) is 6.33 Å². The van der Waals surface area contributed by atoms with Crippen LogP contribution in [0.25, 0.3) is 0 Å². The number of nitrogens with one attached hydrogen (secondary N) is 1. The van der Waals surface area contributed by atoms with E-state index in [1.54, 1.807) is 30.1 Å². The van der Waals surface area contributed by atoms with Crippen molar-refractivity contribution in [2.75, 3.05) is 42.6 Å². The summed E-state index contributed by atoms with van der Waals surface area (Å²) in [5.41, 5.74) is 12.0. The zero-order valence-electron chi connectivity index (χ0n) is 16.4. The molecule has 0 aliphatic carbocycles. The van der Waals surface area contributed by atoms with E-state index >= 15 is 0 Å². The molecule has 1 saturated heterocycles. The Morgan fingerprint density at radius 2 is 1.97 bits per heavy atom. The van der Waals surface area contributed by atoms with Crippen LogP contribution in [-0.4, -0.2) is 59.4 Å². The first-order valence-corrected chi connectivity index (χ1v) is 10.1. The molecule has 0 spiro atoms. The van der Waals surface area contributed by atoms with Crippen molar-refractivity contribution in [1.29, 1.82) is 0 Å². The molecule has 1 aliphatic rings. The highest BCUT2D eigenvalue weighted by Crippen LogP contribution is 2.26. The van der Waals surface area contributed by atoms with Crippen LogP contribution in [0.5, 0.6) is 0 Å². The number of nitrogen functional groups attached to an aromatic ring is 1. The van der Waals surface area contributed by atoms with Crippen LogP contribution in [0.15, 0.2) is 24.5 Å². The zero-order chi connectivity index (χ0) is 21.8. The van der Waals surface area contributed by atoms with E-state index in [0.717, 1.165) is 12.8 Å². The second-order valence-corrected chi connectivity index (χ2v) is 7.95. The number of aromatic nitrogens is 2. The average molecular weight is 452 g/mol. The molecule has 2 amide bonds.